The molecule has 2 aromatic carbocycles. The molecule has 3 rings (SSSR count). The second-order valence-corrected chi connectivity index (χ2v) is 7.88. The fraction of sp³-hybridized carbons (Fsp3) is 0.286. The van der Waals surface area contributed by atoms with Crippen LogP contribution >= 0.6 is 23.4 Å². The molecule has 1 aliphatic rings. The van der Waals surface area contributed by atoms with Gasteiger partial charge in [-0.1, -0.05) is 35.5 Å². The van der Waals surface area contributed by atoms with Crippen LogP contribution in [-0.2, 0) is 9.59 Å². The Bertz CT molecular complexity index is 935. The molecule has 0 aliphatic carbocycles. The summed E-state index contributed by atoms with van der Waals surface area (Å²) < 4.78 is 5.47. The predicted molar refractivity (Wildman–Crippen MR) is 118 cm³/mol. The number of benzene rings is 2. The molecule has 1 saturated heterocycles. The molecular weight excluding hydrogens is 410 g/mol. The molecular formula is C21H22ClN3O3S. The maximum atomic E-state index is 12.8. The molecule has 6 nitrogen and oxygen atoms in total. The van der Waals surface area contributed by atoms with Crippen molar-refractivity contribution in [2.75, 3.05) is 18.5 Å². The van der Waals surface area contributed by atoms with Crippen molar-refractivity contribution in [3.8, 4) is 5.75 Å². The molecule has 1 atom stereocenters. The summed E-state index contributed by atoms with van der Waals surface area (Å²) in [5, 5.41) is 3.36. The van der Waals surface area contributed by atoms with Gasteiger partial charge in [0.15, 0.2) is 5.17 Å². The number of aliphatic imine (C=N–C) groups is 1. The van der Waals surface area contributed by atoms with Crippen LogP contribution in [0.4, 0.5) is 11.4 Å². The summed E-state index contributed by atoms with van der Waals surface area (Å²) in [5.74, 6) is 0.305. The van der Waals surface area contributed by atoms with Crippen molar-refractivity contribution in [2.45, 2.75) is 25.5 Å². The van der Waals surface area contributed by atoms with Gasteiger partial charge in [0.05, 0.1) is 12.3 Å². The number of rotatable bonds is 6. The lowest BCUT2D eigenvalue weighted by molar-refractivity contribution is -0.129. The molecule has 0 radical (unpaired) electrons. The summed E-state index contributed by atoms with van der Waals surface area (Å²) >= 11 is 7.31. The monoisotopic (exact) mass is 431 g/mol. The van der Waals surface area contributed by atoms with E-state index in [0.717, 1.165) is 0 Å². The predicted octanol–water partition coefficient (Wildman–Crippen LogP) is 4.72. The third-order valence-electron chi connectivity index (χ3n) is 4.19. The number of amides is 2. The Hall–Kier alpha value is -2.51. The normalized spacial score (nSPS) is 18.0. The quantitative estimate of drug-likeness (QED) is 0.718. The molecule has 2 amide bonds. The SMILES string of the molecule is CCOc1cccc(NC(=O)[C@H]2CC(=O)N(CC)C(=Nc3cccc(Cl)c3)S2)c1. The molecule has 29 heavy (non-hydrogen) atoms. The molecule has 1 N–H and O–H groups in total. The van der Waals surface area contributed by atoms with Gasteiger partial charge in [0.25, 0.3) is 0 Å². The number of anilines is 1. The van der Waals surface area contributed by atoms with E-state index >= 15 is 0 Å². The zero-order valence-electron chi connectivity index (χ0n) is 16.2. The molecule has 1 aliphatic heterocycles. The first-order chi connectivity index (χ1) is 14.0. The molecule has 0 bridgehead atoms. The van der Waals surface area contributed by atoms with Crippen LogP contribution in [0.2, 0.25) is 5.02 Å². The fourth-order valence-electron chi connectivity index (χ4n) is 2.86. The summed E-state index contributed by atoms with van der Waals surface area (Å²) in [6, 6.07) is 14.3. The van der Waals surface area contributed by atoms with Crippen molar-refractivity contribution in [3.63, 3.8) is 0 Å². The van der Waals surface area contributed by atoms with E-state index in [4.69, 9.17) is 16.3 Å². The minimum absolute atomic E-state index is 0.115. The van der Waals surface area contributed by atoms with E-state index < -0.39 is 5.25 Å². The number of thioether (sulfide) groups is 1. The van der Waals surface area contributed by atoms with Crippen LogP contribution in [0.25, 0.3) is 0 Å². The summed E-state index contributed by atoms with van der Waals surface area (Å²) in [6.07, 6.45) is 0.115. The van der Waals surface area contributed by atoms with Gasteiger partial charge in [0.1, 0.15) is 11.0 Å². The molecule has 0 saturated carbocycles. The second-order valence-electron chi connectivity index (χ2n) is 6.27. The highest BCUT2D eigenvalue weighted by molar-refractivity contribution is 8.15. The van der Waals surface area contributed by atoms with E-state index in [-0.39, 0.29) is 18.2 Å². The van der Waals surface area contributed by atoms with Gasteiger partial charge in [-0.25, -0.2) is 4.99 Å². The second kappa shape index (κ2) is 9.80. The first-order valence-corrected chi connectivity index (χ1v) is 10.6. The van der Waals surface area contributed by atoms with Crippen LogP contribution in [0.1, 0.15) is 20.3 Å². The number of hydrogen-bond acceptors (Lipinski definition) is 5. The Morgan fingerprint density at radius 1 is 1.28 bits per heavy atom. The number of halogens is 1. The summed E-state index contributed by atoms with van der Waals surface area (Å²) in [4.78, 5) is 31.6. The molecule has 8 heteroatoms. The maximum absolute atomic E-state index is 12.8. The van der Waals surface area contributed by atoms with E-state index in [1.165, 1.54) is 11.8 Å². The van der Waals surface area contributed by atoms with Gasteiger partial charge in [-0.15, -0.1) is 0 Å². The Morgan fingerprint density at radius 3 is 2.79 bits per heavy atom. The lowest BCUT2D eigenvalue weighted by Crippen LogP contribution is -2.45. The van der Waals surface area contributed by atoms with Crippen molar-refractivity contribution >= 4 is 51.7 Å². The van der Waals surface area contributed by atoms with Crippen LogP contribution in [0.15, 0.2) is 53.5 Å². The van der Waals surface area contributed by atoms with Gasteiger partial charge in [0.2, 0.25) is 11.8 Å². The summed E-state index contributed by atoms with van der Waals surface area (Å²) in [5.41, 5.74) is 1.26. The number of hydrogen-bond donors (Lipinski definition) is 1. The minimum atomic E-state index is -0.570. The van der Waals surface area contributed by atoms with E-state index in [1.807, 2.05) is 26.0 Å². The third kappa shape index (κ3) is 5.52. The minimum Gasteiger partial charge on any atom is -0.494 e. The van der Waals surface area contributed by atoms with Crippen LogP contribution in [0, 0.1) is 0 Å². The van der Waals surface area contributed by atoms with Crippen molar-refractivity contribution in [1.82, 2.24) is 4.90 Å². The first kappa shape index (κ1) is 21.2. The van der Waals surface area contributed by atoms with Gasteiger partial charge in [-0.05, 0) is 44.2 Å². The van der Waals surface area contributed by atoms with Crippen LogP contribution in [-0.4, -0.2) is 40.3 Å². The number of ether oxygens (including phenoxy) is 1. The molecule has 0 spiro atoms. The smallest absolute Gasteiger partial charge is 0.238 e. The van der Waals surface area contributed by atoms with E-state index in [9.17, 15) is 9.59 Å². The maximum Gasteiger partial charge on any atom is 0.238 e. The molecule has 0 unspecified atom stereocenters. The molecule has 1 heterocycles. The Kier molecular flexibility index (Phi) is 7.17. The third-order valence-corrected chi connectivity index (χ3v) is 5.62. The zero-order chi connectivity index (χ0) is 20.8. The lowest BCUT2D eigenvalue weighted by atomic mass is 10.2. The fourth-order valence-corrected chi connectivity index (χ4v) is 4.21. The average molecular weight is 432 g/mol. The van der Waals surface area contributed by atoms with E-state index in [2.05, 4.69) is 10.3 Å². The topological polar surface area (TPSA) is 71.0 Å². The molecule has 0 aromatic heterocycles. The number of amidine groups is 1. The van der Waals surface area contributed by atoms with Crippen molar-refractivity contribution in [3.05, 3.63) is 53.6 Å². The average Bonchev–Trinajstić information content (AvgIpc) is 2.68. The molecule has 2 aromatic rings. The van der Waals surface area contributed by atoms with Gasteiger partial charge < -0.3 is 10.1 Å². The van der Waals surface area contributed by atoms with Crippen LogP contribution in [0.3, 0.4) is 0 Å². The lowest BCUT2D eigenvalue weighted by Gasteiger charge is -2.30. The van der Waals surface area contributed by atoms with Crippen LogP contribution in [0.5, 0.6) is 5.75 Å². The zero-order valence-corrected chi connectivity index (χ0v) is 17.8. The number of carbonyl (C=O) groups excluding carboxylic acids is 2. The Morgan fingerprint density at radius 2 is 2.07 bits per heavy atom. The van der Waals surface area contributed by atoms with Gasteiger partial charge in [0, 0.05) is 29.7 Å². The largest absolute Gasteiger partial charge is 0.494 e. The number of nitrogens with one attached hydrogen (secondary N) is 1. The Labute approximate surface area is 179 Å². The van der Waals surface area contributed by atoms with Crippen molar-refractivity contribution < 1.29 is 14.3 Å². The van der Waals surface area contributed by atoms with Crippen LogP contribution < -0.4 is 10.1 Å². The molecule has 152 valence electrons. The summed E-state index contributed by atoms with van der Waals surface area (Å²) in [7, 11) is 0. The first-order valence-electron chi connectivity index (χ1n) is 9.35. The summed E-state index contributed by atoms with van der Waals surface area (Å²) in [6.45, 7) is 4.80. The molecule has 1 fully saturated rings. The highest BCUT2D eigenvalue weighted by Crippen LogP contribution is 2.30. The van der Waals surface area contributed by atoms with E-state index in [1.54, 1.807) is 41.3 Å². The van der Waals surface area contributed by atoms with Crippen molar-refractivity contribution in [1.29, 1.82) is 0 Å². The number of nitrogens with zero attached hydrogens (tertiary/aromatic N) is 2. The van der Waals surface area contributed by atoms with Gasteiger partial charge in [-0.2, -0.15) is 0 Å². The van der Waals surface area contributed by atoms with Gasteiger partial charge in [-0.3, -0.25) is 14.5 Å². The highest BCUT2D eigenvalue weighted by Gasteiger charge is 2.35. The Balaban J connectivity index is 1.78. The highest BCUT2D eigenvalue weighted by atomic mass is 35.5. The number of carbonyl (C=O) groups is 2. The van der Waals surface area contributed by atoms with E-state index in [0.29, 0.717) is 40.5 Å². The van der Waals surface area contributed by atoms with Crippen molar-refractivity contribution in [2.24, 2.45) is 4.99 Å². The standard InChI is InChI=1S/C21H22ClN3O3S/c1-3-25-19(26)13-18(29-21(25)24-15-8-5-7-14(22)11-15)20(27)23-16-9-6-10-17(12-16)28-4-2/h5-12,18H,3-4,13H2,1-2H3,(H,23,27)/t18-/m1/s1. The van der Waals surface area contributed by atoms with Gasteiger partial charge >= 0.3 is 0 Å².